The van der Waals surface area contributed by atoms with E-state index in [0.29, 0.717) is 11.5 Å². The summed E-state index contributed by atoms with van der Waals surface area (Å²) in [5.74, 6) is 0.981. The van der Waals surface area contributed by atoms with Gasteiger partial charge in [0.25, 0.3) is 0 Å². The van der Waals surface area contributed by atoms with Crippen molar-refractivity contribution in [1.82, 2.24) is 24.5 Å². The van der Waals surface area contributed by atoms with Crippen molar-refractivity contribution in [2.75, 3.05) is 18.8 Å². The van der Waals surface area contributed by atoms with E-state index in [0.717, 1.165) is 58.5 Å². The Morgan fingerprint density at radius 1 is 1.06 bits per heavy atom. The van der Waals surface area contributed by atoms with Crippen LogP contribution in [0.5, 0.6) is 0 Å². The van der Waals surface area contributed by atoms with Crippen molar-refractivity contribution < 1.29 is 4.79 Å². The molecular formula is C26H27BrN6O. The number of fused-ring (bicyclic) bond motifs is 1. The minimum atomic E-state index is 0.0182. The van der Waals surface area contributed by atoms with Gasteiger partial charge in [-0.3, -0.25) is 9.78 Å². The van der Waals surface area contributed by atoms with Gasteiger partial charge < -0.3 is 10.6 Å². The molecule has 4 aromatic rings. The van der Waals surface area contributed by atoms with Crippen molar-refractivity contribution in [2.24, 2.45) is 5.92 Å². The van der Waals surface area contributed by atoms with Crippen LogP contribution in [0.15, 0.2) is 59.3 Å². The first-order valence-corrected chi connectivity index (χ1v) is 12.4. The Morgan fingerprint density at radius 3 is 2.44 bits per heavy atom. The molecule has 4 heterocycles. The third kappa shape index (κ3) is 4.07. The maximum absolute atomic E-state index is 12.4. The molecule has 1 amide bonds. The Bertz CT molecular complexity index is 1330. The van der Waals surface area contributed by atoms with Crippen LogP contribution in [-0.4, -0.2) is 43.5 Å². The summed E-state index contributed by atoms with van der Waals surface area (Å²) in [5.41, 5.74) is 11.9. The average molecular weight is 519 g/mol. The van der Waals surface area contributed by atoms with Crippen LogP contribution in [0.4, 0.5) is 5.82 Å². The zero-order valence-electron chi connectivity index (χ0n) is 19.3. The topological polar surface area (TPSA) is 89.4 Å². The number of nitrogen functional groups attached to an aromatic ring is 1. The van der Waals surface area contributed by atoms with Crippen molar-refractivity contribution in [3.05, 3.63) is 65.0 Å². The Labute approximate surface area is 207 Å². The number of anilines is 1. The van der Waals surface area contributed by atoms with Gasteiger partial charge in [0, 0.05) is 47.8 Å². The van der Waals surface area contributed by atoms with Gasteiger partial charge in [-0.1, -0.05) is 50.2 Å². The van der Waals surface area contributed by atoms with Gasteiger partial charge >= 0.3 is 0 Å². The van der Waals surface area contributed by atoms with Crippen molar-refractivity contribution >= 4 is 33.3 Å². The number of aromatic nitrogens is 4. The first kappa shape index (κ1) is 22.5. The summed E-state index contributed by atoms with van der Waals surface area (Å²) in [6.45, 7) is 5.36. The van der Waals surface area contributed by atoms with Crippen LogP contribution in [0.3, 0.4) is 0 Å². The first-order chi connectivity index (χ1) is 16.4. The predicted octanol–water partition coefficient (Wildman–Crippen LogP) is 5.17. The van der Waals surface area contributed by atoms with Gasteiger partial charge in [-0.15, -0.1) is 0 Å². The van der Waals surface area contributed by atoms with E-state index in [1.165, 1.54) is 0 Å². The molecule has 34 heavy (non-hydrogen) atoms. The van der Waals surface area contributed by atoms with Crippen LogP contribution in [-0.2, 0) is 4.79 Å². The molecule has 174 valence electrons. The normalized spacial score (nSPS) is 14.8. The largest absolute Gasteiger partial charge is 0.383 e. The van der Waals surface area contributed by atoms with Gasteiger partial charge in [0.05, 0.1) is 22.1 Å². The van der Waals surface area contributed by atoms with Crippen LogP contribution >= 0.6 is 15.9 Å². The van der Waals surface area contributed by atoms with Crippen LogP contribution in [0.2, 0.25) is 0 Å². The molecule has 1 aliphatic heterocycles. The third-order valence-corrected chi connectivity index (χ3v) is 7.29. The second kappa shape index (κ2) is 9.18. The number of piperidine rings is 1. The number of benzene rings is 1. The zero-order valence-corrected chi connectivity index (χ0v) is 20.9. The summed E-state index contributed by atoms with van der Waals surface area (Å²) < 4.78 is 2.45. The monoisotopic (exact) mass is 518 g/mol. The summed E-state index contributed by atoms with van der Waals surface area (Å²) >= 11 is 3.66. The predicted molar refractivity (Wildman–Crippen MR) is 137 cm³/mol. The molecule has 0 aliphatic carbocycles. The average Bonchev–Trinajstić information content (AvgIpc) is 3.30. The molecule has 1 aromatic carbocycles. The van der Waals surface area contributed by atoms with Crippen LogP contribution in [0.1, 0.15) is 38.3 Å². The molecule has 0 saturated carbocycles. The second-order valence-corrected chi connectivity index (χ2v) is 9.84. The highest BCUT2D eigenvalue weighted by atomic mass is 79.9. The summed E-state index contributed by atoms with van der Waals surface area (Å²) in [5, 5.41) is 4.50. The number of pyridine rings is 1. The Hall–Kier alpha value is -3.26. The maximum Gasteiger partial charge on any atom is 0.225 e. The van der Waals surface area contributed by atoms with Gasteiger partial charge in [0.2, 0.25) is 5.91 Å². The SMILES string of the molecule is CC(C)C(=O)N1CCC(c2nc3c(-c4ccc(-c5ccccc5)nc4)cnn3c(N)c2Br)CC1. The quantitative estimate of drug-likeness (QED) is 0.402. The minimum Gasteiger partial charge on any atom is -0.383 e. The van der Waals surface area contributed by atoms with E-state index in [2.05, 4.69) is 26.0 Å². The number of carbonyl (C=O) groups excluding carboxylic acids is 1. The molecule has 8 heteroatoms. The number of carbonyl (C=O) groups is 1. The fourth-order valence-electron chi connectivity index (χ4n) is 4.56. The molecule has 0 bridgehead atoms. The van der Waals surface area contributed by atoms with Gasteiger partial charge in [-0.25, -0.2) is 4.98 Å². The lowest BCUT2D eigenvalue weighted by Gasteiger charge is -2.33. The molecule has 1 saturated heterocycles. The number of hydrogen-bond donors (Lipinski definition) is 1. The summed E-state index contributed by atoms with van der Waals surface area (Å²) in [6, 6.07) is 14.2. The Morgan fingerprint density at radius 2 is 1.79 bits per heavy atom. The van der Waals surface area contributed by atoms with Crippen molar-refractivity contribution in [2.45, 2.75) is 32.6 Å². The molecule has 7 nitrogen and oxygen atoms in total. The standard InChI is InChI=1S/C26H27BrN6O/c1-16(2)26(34)32-12-10-18(11-13-32)23-22(27)24(28)33-25(31-23)20(15-30-33)19-8-9-21(29-14-19)17-6-4-3-5-7-17/h3-9,14-16,18H,10-13,28H2,1-2H3. The highest BCUT2D eigenvalue weighted by Gasteiger charge is 2.29. The van der Waals surface area contributed by atoms with E-state index < -0.39 is 0 Å². The highest BCUT2D eigenvalue weighted by molar-refractivity contribution is 9.10. The molecule has 0 atom stereocenters. The van der Waals surface area contributed by atoms with Crippen molar-refractivity contribution in [1.29, 1.82) is 0 Å². The number of likely N-dealkylation sites (tertiary alicyclic amines) is 1. The maximum atomic E-state index is 12.4. The van der Waals surface area contributed by atoms with Crippen LogP contribution < -0.4 is 5.73 Å². The van der Waals surface area contributed by atoms with Gasteiger partial charge in [-0.2, -0.15) is 9.61 Å². The third-order valence-electron chi connectivity index (χ3n) is 6.48. The van der Waals surface area contributed by atoms with Crippen LogP contribution in [0.25, 0.3) is 28.0 Å². The minimum absolute atomic E-state index is 0.0182. The zero-order chi connectivity index (χ0) is 23.8. The molecule has 1 aliphatic rings. The number of nitrogens with zero attached hydrogens (tertiary/aromatic N) is 5. The number of nitrogens with two attached hydrogens (primary N) is 1. The van der Waals surface area contributed by atoms with E-state index in [9.17, 15) is 4.79 Å². The summed E-state index contributed by atoms with van der Waals surface area (Å²) in [7, 11) is 0. The second-order valence-electron chi connectivity index (χ2n) is 9.04. The fraction of sp³-hybridized carbons (Fsp3) is 0.308. The number of hydrogen-bond acceptors (Lipinski definition) is 5. The Kier molecular flexibility index (Phi) is 6.08. The highest BCUT2D eigenvalue weighted by Crippen LogP contribution is 2.37. The number of amides is 1. The molecule has 0 unspecified atom stereocenters. The lowest BCUT2D eigenvalue weighted by Crippen LogP contribution is -2.40. The van der Waals surface area contributed by atoms with Crippen molar-refractivity contribution in [3.8, 4) is 22.4 Å². The summed E-state index contributed by atoms with van der Waals surface area (Å²) in [6.07, 6.45) is 5.36. The first-order valence-electron chi connectivity index (χ1n) is 11.6. The molecule has 3 aromatic heterocycles. The van der Waals surface area contributed by atoms with E-state index in [-0.39, 0.29) is 17.7 Å². The van der Waals surface area contributed by atoms with E-state index >= 15 is 0 Å². The molecule has 0 radical (unpaired) electrons. The van der Waals surface area contributed by atoms with E-state index in [4.69, 9.17) is 10.7 Å². The smallest absolute Gasteiger partial charge is 0.225 e. The fourth-order valence-corrected chi connectivity index (χ4v) is 5.14. The van der Waals surface area contributed by atoms with Crippen molar-refractivity contribution in [3.63, 3.8) is 0 Å². The van der Waals surface area contributed by atoms with Gasteiger partial charge in [0.1, 0.15) is 5.82 Å². The summed E-state index contributed by atoms with van der Waals surface area (Å²) in [4.78, 5) is 24.0. The van der Waals surface area contributed by atoms with Gasteiger partial charge in [0.15, 0.2) is 5.65 Å². The van der Waals surface area contributed by atoms with Gasteiger partial charge in [-0.05, 0) is 34.8 Å². The lowest BCUT2D eigenvalue weighted by molar-refractivity contribution is -0.135. The van der Waals surface area contributed by atoms with E-state index in [1.54, 1.807) is 10.7 Å². The molecule has 2 N–H and O–H groups in total. The molecule has 5 rings (SSSR count). The number of rotatable bonds is 4. The van der Waals surface area contributed by atoms with Crippen LogP contribution in [0, 0.1) is 5.92 Å². The Balaban J connectivity index is 1.46. The number of halogens is 1. The van der Waals surface area contributed by atoms with E-state index in [1.807, 2.05) is 67.4 Å². The molecule has 0 spiro atoms. The molecule has 1 fully saturated rings. The molecular weight excluding hydrogens is 492 g/mol. The lowest BCUT2D eigenvalue weighted by atomic mass is 9.92.